The van der Waals surface area contributed by atoms with Crippen LogP contribution in [0.3, 0.4) is 0 Å². The lowest BCUT2D eigenvalue weighted by atomic mass is 10.1. The van der Waals surface area contributed by atoms with E-state index in [9.17, 15) is 13.2 Å². The first kappa shape index (κ1) is 14.6. The summed E-state index contributed by atoms with van der Waals surface area (Å²) in [6, 6.07) is 4.77. The predicted molar refractivity (Wildman–Crippen MR) is 68.0 cm³/mol. The van der Waals surface area contributed by atoms with E-state index in [-0.39, 0.29) is 13.0 Å². The van der Waals surface area contributed by atoms with E-state index in [1.165, 1.54) is 4.68 Å². The highest BCUT2D eigenvalue weighted by molar-refractivity contribution is 6.31. The highest BCUT2D eigenvalue weighted by Gasteiger charge is 2.26. The summed E-state index contributed by atoms with van der Waals surface area (Å²) in [5, 5.41) is 11.4. The van der Waals surface area contributed by atoms with Crippen LogP contribution in [0, 0.1) is 0 Å². The molecule has 5 nitrogen and oxygen atoms in total. The first-order valence-corrected chi connectivity index (χ1v) is 6.13. The molecule has 1 heterocycles. The second-order valence-electron chi connectivity index (χ2n) is 4.18. The Morgan fingerprint density at radius 2 is 2.05 bits per heavy atom. The predicted octanol–water partition coefficient (Wildman–Crippen LogP) is 2.92. The molecule has 0 aliphatic heterocycles. The Labute approximate surface area is 117 Å². The molecule has 0 saturated heterocycles. The molecule has 0 radical (unpaired) electrons. The molecule has 2 N–H and O–H groups in total. The molecule has 0 amide bonds. The molecular weight excluding hydrogens is 295 g/mol. The molecule has 0 aliphatic rings. The Bertz CT molecular complexity index is 596. The van der Waals surface area contributed by atoms with Crippen LogP contribution >= 0.6 is 11.6 Å². The number of nitrogen functional groups attached to an aromatic ring is 1. The van der Waals surface area contributed by atoms with Crippen LogP contribution in [0.25, 0.3) is 11.4 Å². The number of hydrogen-bond donors (Lipinski definition) is 1. The summed E-state index contributed by atoms with van der Waals surface area (Å²) in [6.07, 6.45) is -5.19. The van der Waals surface area contributed by atoms with Gasteiger partial charge in [-0.25, -0.2) is 4.68 Å². The molecule has 0 unspecified atom stereocenters. The fourth-order valence-corrected chi connectivity index (χ4v) is 1.87. The molecule has 0 saturated carbocycles. The third-order valence-corrected chi connectivity index (χ3v) is 2.85. The van der Waals surface area contributed by atoms with Crippen LogP contribution in [0.1, 0.15) is 12.8 Å². The molecular formula is C11H11ClF3N5. The van der Waals surface area contributed by atoms with E-state index in [1.54, 1.807) is 18.2 Å². The summed E-state index contributed by atoms with van der Waals surface area (Å²) >= 11 is 5.87. The van der Waals surface area contributed by atoms with Gasteiger partial charge in [0.25, 0.3) is 0 Å². The molecule has 2 rings (SSSR count). The van der Waals surface area contributed by atoms with E-state index < -0.39 is 12.6 Å². The molecule has 1 aromatic carbocycles. The van der Waals surface area contributed by atoms with Crippen molar-refractivity contribution >= 4 is 17.3 Å². The average molecular weight is 306 g/mol. The molecule has 0 atom stereocenters. The van der Waals surface area contributed by atoms with Crippen molar-refractivity contribution in [2.75, 3.05) is 5.73 Å². The van der Waals surface area contributed by atoms with Crippen molar-refractivity contribution in [3.8, 4) is 11.4 Å². The maximum absolute atomic E-state index is 12.1. The van der Waals surface area contributed by atoms with Crippen molar-refractivity contribution in [3.05, 3.63) is 23.2 Å². The number of benzene rings is 1. The quantitative estimate of drug-likeness (QED) is 0.882. The van der Waals surface area contributed by atoms with Crippen LogP contribution in [0.4, 0.5) is 18.9 Å². The van der Waals surface area contributed by atoms with Crippen molar-refractivity contribution in [1.29, 1.82) is 0 Å². The average Bonchev–Trinajstić information content (AvgIpc) is 2.79. The largest absolute Gasteiger partial charge is 0.398 e. The molecule has 20 heavy (non-hydrogen) atoms. The Morgan fingerprint density at radius 3 is 2.75 bits per heavy atom. The van der Waals surface area contributed by atoms with Gasteiger partial charge in [-0.2, -0.15) is 13.2 Å². The van der Waals surface area contributed by atoms with E-state index in [4.69, 9.17) is 17.3 Å². The summed E-state index contributed by atoms with van der Waals surface area (Å²) < 4.78 is 37.7. The van der Waals surface area contributed by atoms with Gasteiger partial charge in [0.05, 0.1) is 0 Å². The van der Waals surface area contributed by atoms with Gasteiger partial charge in [0, 0.05) is 29.2 Å². The van der Waals surface area contributed by atoms with E-state index in [0.717, 1.165) is 0 Å². The Kier molecular flexibility index (Phi) is 4.12. The molecule has 2 aromatic rings. The number of nitrogens with zero attached hydrogens (tertiary/aromatic N) is 4. The van der Waals surface area contributed by atoms with Crippen LogP contribution in [0.15, 0.2) is 18.2 Å². The first-order chi connectivity index (χ1) is 9.37. The zero-order valence-corrected chi connectivity index (χ0v) is 11.0. The number of aromatic nitrogens is 4. The smallest absolute Gasteiger partial charge is 0.389 e. The zero-order chi connectivity index (χ0) is 14.8. The van der Waals surface area contributed by atoms with Crippen molar-refractivity contribution in [2.45, 2.75) is 25.6 Å². The lowest BCUT2D eigenvalue weighted by molar-refractivity contribution is -0.136. The summed E-state index contributed by atoms with van der Waals surface area (Å²) in [7, 11) is 0. The lowest BCUT2D eigenvalue weighted by Crippen LogP contribution is -2.11. The Balaban J connectivity index is 2.18. The van der Waals surface area contributed by atoms with Crippen molar-refractivity contribution in [3.63, 3.8) is 0 Å². The number of nitrogens with two attached hydrogens (primary N) is 1. The van der Waals surface area contributed by atoms with Crippen LogP contribution in [-0.2, 0) is 6.54 Å². The Morgan fingerprint density at radius 1 is 1.30 bits per heavy atom. The fourth-order valence-electron chi connectivity index (χ4n) is 1.70. The topological polar surface area (TPSA) is 69.6 Å². The maximum atomic E-state index is 12.1. The SMILES string of the molecule is Nc1ccc(Cl)cc1-c1nnnn1CCCC(F)(F)F. The highest BCUT2D eigenvalue weighted by Crippen LogP contribution is 2.27. The zero-order valence-electron chi connectivity index (χ0n) is 10.2. The van der Waals surface area contributed by atoms with Gasteiger partial charge >= 0.3 is 6.18 Å². The van der Waals surface area contributed by atoms with Gasteiger partial charge in [-0.05, 0) is 35.0 Å². The summed E-state index contributed by atoms with van der Waals surface area (Å²) in [4.78, 5) is 0. The third kappa shape index (κ3) is 3.60. The van der Waals surface area contributed by atoms with Gasteiger partial charge in [0.1, 0.15) is 0 Å². The molecule has 0 bridgehead atoms. The van der Waals surface area contributed by atoms with Gasteiger partial charge in [0.2, 0.25) is 0 Å². The monoisotopic (exact) mass is 305 g/mol. The van der Waals surface area contributed by atoms with Crippen molar-refractivity contribution in [2.24, 2.45) is 0 Å². The Hall–Kier alpha value is -1.83. The second kappa shape index (κ2) is 5.66. The van der Waals surface area contributed by atoms with Crippen LogP contribution in [0.5, 0.6) is 0 Å². The molecule has 9 heteroatoms. The number of rotatable bonds is 4. The highest BCUT2D eigenvalue weighted by atomic mass is 35.5. The second-order valence-corrected chi connectivity index (χ2v) is 4.61. The summed E-state index contributed by atoms with van der Waals surface area (Å²) in [5.41, 5.74) is 6.70. The summed E-state index contributed by atoms with van der Waals surface area (Å²) in [6.45, 7) is 0.0494. The minimum Gasteiger partial charge on any atom is -0.398 e. The van der Waals surface area contributed by atoms with E-state index in [1.807, 2.05) is 0 Å². The lowest BCUT2D eigenvalue weighted by Gasteiger charge is -2.08. The molecule has 0 fully saturated rings. The summed E-state index contributed by atoms with van der Waals surface area (Å²) in [5.74, 6) is 0.298. The molecule has 1 aromatic heterocycles. The van der Waals surface area contributed by atoms with Crippen molar-refractivity contribution in [1.82, 2.24) is 20.2 Å². The third-order valence-electron chi connectivity index (χ3n) is 2.62. The van der Waals surface area contributed by atoms with Crippen molar-refractivity contribution < 1.29 is 13.2 Å². The minimum absolute atomic E-state index is 0.0494. The molecule has 108 valence electrons. The molecule has 0 spiro atoms. The number of hydrogen-bond acceptors (Lipinski definition) is 4. The number of alkyl halides is 3. The van der Waals surface area contributed by atoms with E-state index >= 15 is 0 Å². The van der Waals surface area contributed by atoms with E-state index in [2.05, 4.69) is 15.5 Å². The minimum atomic E-state index is -4.19. The number of anilines is 1. The van der Waals surface area contributed by atoms with Crippen LogP contribution < -0.4 is 5.73 Å². The fraction of sp³-hybridized carbons (Fsp3) is 0.364. The first-order valence-electron chi connectivity index (χ1n) is 5.75. The van der Waals surface area contributed by atoms with Gasteiger partial charge < -0.3 is 5.73 Å². The van der Waals surface area contributed by atoms with Crippen LogP contribution in [-0.4, -0.2) is 26.4 Å². The van der Waals surface area contributed by atoms with Gasteiger partial charge in [-0.15, -0.1) is 5.10 Å². The van der Waals surface area contributed by atoms with Gasteiger partial charge in [-0.3, -0.25) is 0 Å². The standard InChI is InChI=1S/C11H11ClF3N5/c12-7-2-3-9(16)8(6-7)10-17-18-19-20(10)5-1-4-11(13,14)15/h2-3,6H,1,4-5,16H2. The number of halogens is 4. The maximum Gasteiger partial charge on any atom is 0.389 e. The number of aryl methyl sites for hydroxylation is 1. The number of tetrazole rings is 1. The van der Waals surface area contributed by atoms with Gasteiger partial charge in [0.15, 0.2) is 5.82 Å². The molecule has 0 aliphatic carbocycles. The van der Waals surface area contributed by atoms with Crippen LogP contribution in [0.2, 0.25) is 5.02 Å². The normalized spacial score (nSPS) is 11.8. The van der Waals surface area contributed by atoms with Gasteiger partial charge in [-0.1, -0.05) is 11.6 Å². The van der Waals surface area contributed by atoms with E-state index in [0.29, 0.717) is 22.1 Å².